The van der Waals surface area contributed by atoms with Gasteiger partial charge in [-0.25, -0.2) is 0 Å². The van der Waals surface area contributed by atoms with Crippen molar-refractivity contribution in [3.63, 3.8) is 0 Å². The maximum atomic E-state index is 12.9. The van der Waals surface area contributed by atoms with Crippen LogP contribution >= 0.6 is 11.3 Å². The fraction of sp³-hybridized carbons (Fsp3) is 0.500. The number of carbonyl (C=O) groups is 2. The normalized spacial score (nSPS) is 21.9. The van der Waals surface area contributed by atoms with E-state index in [9.17, 15) is 14.7 Å². The van der Waals surface area contributed by atoms with Crippen LogP contribution in [0.5, 0.6) is 0 Å². The number of hydrogen-bond acceptors (Lipinski definition) is 6. The van der Waals surface area contributed by atoms with Crippen LogP contribution in [0, 0.1) is 12.8 Å². The topological polar surface area (TPSA) is 86.6 Å². The molecule has 1 aromatic carbocycles. The van der Waals surface area contributed by atoms with Crippen LogP contribution in [-0.4, -0.2) is 57.3 Å². The fourth-order valence-corrected chi connectivity index (χ4v) is 4.72. The van der Waals surface area contributed by atoms with Crippen LogP contribution in [0.4, 0.5) is 5.13 Å². The Morgan fingerprint density at radius 1 is 1.25 bits per heavy atom. The number of likely N-dealkylation sites (tertiary alicyclic amines) is 1. The summed E-state index contributed by atoms with van der Waals surface area (Å²) < 4.78 is 0. The average molecular weight is 401 g/mol. The van der Waals surface area contributed by atoms with E-state index in [0.29, 0.717) is 44.0 Å². The molecule has 2 amide bonds. The highest BCUT2D eigenvalue weighted by molar-refractivity contribution is 7.15. The Morgan fingerprint density at radius 2 is 1.96 bits per heavy atom. The molecule has 0 saturated carbocycles. The summed E-state index contributed by atoms with van der Waals surface area (Å²) in [6.45, 7) is 3.24. The van der Waals surface area contributed by atoms with Crippen molar-refractivity contribution < 1.29 is 14.7 Å². The third-order valence-corrected chi connectivity index (χ3v) is 6.46. The second-order valence-electron chi connectivity index (χ2n) is 7.72. The zero-order valence-electron chi connectivity index (χ0n) is 15.9. The Labute approximate surface area is 168 Å². The number of benzene rings is 1. The van der Waals surface area contributed by atoms with Gasteiger partial charge < -0.3 is 10.0 Å². The van der Waals surface area contributed by atoms with Crippen LogP contribution in [0.1, 0.15) is 29.8 Å². The van der Waals surface area contributed by atoms with Gasteiger partial charge >= 0.3 is 0 Å². The predicted octanol–water partition coefficient (Wildman–Crippen LogP) is 1.80. The Hall–Kier alpha value is -2.32. The number of piperidine rings is 1. The molecule has 2 aliphatic heterocycles. The van der Waals surface area contributed by atoms with Gasteiger partial charge in [-0.3, -0.25) is 14.5 Å². The quantitative estimate of drug-likeness (QED) is 0.846. The summed E-state index contributed by atoms with van der Waals surface area (Å²) in [6, 6.07) is 9.94. The fourth-order valence-electron chi connectivity index (χ4n) is 4.01. The van der Waals surface area contributed by atoms with Gasteiger partial charge in [-0.1, -0.05) is 41.7 Å². The molecule has 0 radical (unpaired) electrons. The number of aliphatic hydroxyl groups is 1. The highest BCUT2D eigenvalue weighted by atomic mass is 32.1. The molecule has 3 heterocycles. The number of amides is 2. The first-order valence-corrected chi connectivity index (χ1v) is 10.4. The molecule has 2 aliphatic rings. The molecule has 0 spiro atoms. The van der Waals surface area contributed by atoms with Gasteiger partial charge in [-0.05, 0) is 25.3 Å². The van der Waals surface area contributed by atoms with Gasteiger partial charge in [0.15, 0.2) is 0 Å². The summed E-state index contributed by atoms with van der Waals surface area (Å²) in [7, 11) is 0. The van der Waals surface area contributed by atoms with Gasteiger partial charge in [0.2, 0.25) is 16.9 Å². The van der Waals surface area contributed by atoms with Crippen LogP contribution in [-0.2, 0) is 16.0 Å². The van der Waals surface area contributed by atoms with Crippen LogP contribution in [0.2, 0.25) is 0 Å². The Morgan fingerprint density at radius 3 is 2.61 bits per heavy atom. The molecule has 148 valence electrons. The van der Waals surface area contributed by atoms with Crippen molar-refractivity contribution in [1.82, 2.24) is 15.1 Å². The first kappa shape index (κ1) is 19.0. The van der Waals surface area contributed by atoms with Crippen molar-refractivity contribution in [2.75, 3.05) is 24.5 Å². The van der Waals surface area contributed by atoms with Gasteiger partial charge in [-0.2, -0.15) is 0 Å². The molecule has 1 atom stereocenters. The SMILES string of the molecule is Cc1nnc(N2CC(C(=O)N3CCC(O)(Cc4ccccc4)CC3)CC2=O)s1. The monoisotopic (exact) mass is 400 g/mol. The second kappa shape index (κ2) is 7.60. The Kier molecular flexibility index (Phi) is 5.16. The van der Waals surface area contributed by atoms with Gasteiger partial charge in [0.1, 0.15) is 5.01 Å². The van der Waals surface area contributed by atoms with Crippen LogP contribution in [0.25, 0.3) is 0 Å². The van der Waals surface area contributed by atoms with Crippen molar-refractivity contribution in [2.24, 2.45) is 5.92 Å². The van der Waals surface area contributed by atoms with Crippen LogP contribution in [0.3, 0.4) is 0 Å². The smallest absolute Gasteiger partial charge is 0.229 e. The van der Waals surface area contributed by atoms with E-state index in [1.54, 1.807) is 9.80 Å². The van der Waals surface area contributed by atoms with Crippen molar-refractivity contribution >= 4 is 28.3 Å². The molecule has 2 fully saturated rings. The second-order valence-corrected chi connectivity index (χ2v) is 8.88. The number of rotatable bonds is 4. The number of aromatic nitrogens is 2. The van der Waals surface area contributed by atoms with E-state index in [-0.39, 0.29) is 24.2 Å². The van der Waals surface area contributed by atoms with E-state index in [2.05, 4.69) is 10.2 Å². The minimum atomic E-state index is -0.778. The third kappa shape index (κ3) is 3.93. The lowest BCUT2D eigenvalue weighted by atomic mass is 9.85. The minimum absolute atomic E-state index is 0.00107. The maximum Gasteiger partial charge on any atom is 0.229 e. The van der Waals surface area contributed by atoms with Crippen LogP contribution < -0.4 is 4.90 Å². The molecule has 8 heteroatoms. The van der Waals surface area contributed by atoms with Crippen molar-refractivity contribution in [3.8, 4) is 0 Å². The van der Waals surface area contributed by atoms with Gasteiger partial charge in [0.05, 0.1) is 11.5 Å². The van der Waals surface area contributed by atoms with E-state index >= 15 is 0 Å². The first-order chi connectivity index (χ1) is 13.4. The van der Waals surface area contributed by atoms with Crippen LogP contribution in [0.15, 0.2) is 30.3 Å². The summed E-state index contributed by atoms with van der Waals surface area (Å²) in [5, 5.41) is 20.3. The molecule has 2 aromatic rings. The first-order valence-electron chi connectivity index (χ1n) is 9.59. The van der Waals surface area contributed by atoms with E-state index in [1.165, 1.54) is 11.3 Å². The molecular formula is C20H24N4O3S. The van der Waals surface area contributed by atoms with Crippen molar-refractivity contribution in [2.45, 2.75) is 38.2 Å². The Bertz CT molecular complexity index is 861. The number of aryl methyl sites for hydroxylation is 1. The summed E-state index contributed by atoms with van der Waals surface area (Å²) in [5.41, 5.74) is 0.328. The van der Waals surface area contributed by atoms with Crippen molar-refractivity contribution in [1.29, 1.82) is 0 Å². The summed E-state index contributed by atoms with van der Waals surface area (Å²) >= 11 is 1.36. The lowest BCUT2D eigenvalue weighted by Crippen LogP contribution is -2.49. The molecule has 4 rings (SSSR count). The summed E-state index contributed by atoms with van der Waals surface area (Å²) in [6.07, 6.45) is 1.91. The van der Waals surface area contributed by atoms with E-state index < -0.39 is 5.60 Å². The standard InChI is InChI=1S/C20H24N4O3S/c1-14-21-22-19(28-14)24-13-16(11-17(24)25)18(26)23-9-7-20(27,8-10-23)12-15-5-3-2-4-6-15/h2-6,16,27H,7-13H2,1H3. The highest BCUT2D eigenvalue weighted by Crippen LogP contribution is 2.31. The molecule has 0 aliphatic carbocycles. The summed E-state index contributed by atoms with van der Waals surface area (Å²) in [5.74, 6) is -0.428. The zero-order valence-corrected chi connectivity index (χ0v) is 16.7. The zero-order chi connectivity index (χ0) is 19.7. The number of nitrogens with zero attached hydrogens (tertiary/aromatic N) is 4. The largest absolute Gasteiger partial charge is 0.389 e. The third-order valence-electron chi connectivity index (χ3n) is 5.60. The maximum absolute atomic E-state index is 12.9. The van der Waals surface area contributed by atoms with Crippen molar-refractivity contribution in [3.05, 3.63) is 40.9 Å². The number of hydrogen-bond donors (Lipinski definition) is 1. The highest BCUT2D eigenvalue weighted by Gasteiger charge is 2.41. The lowest BCUT2D eigenvalue weighted by Gasteiger charge is -2.39. The Balaban J connectivity index is 1.35. The minimum Gasteiger partial charge on any atom is -0.389 e. The van der Waals surface area contributed by atoms with E-state index in [0.717, 1.165) is 10.6 Å². The molecule has 7 nitrogen and oxygen atoms in total. The summed E-state index contributed by atoms with van der Waals surface area (Å²) in [4.78, 5) is 28.6. The molecule has 0 bridgehead atoms. The predicted molar refractivity (Wildman–Crippen MR) is 106 cm³/mol. The molecule has 1 N–H and O–H groups in total. The molecule has 1 aromatic heterocycles. The number of anilines is 1. The lowest BCUT2D eigenvalue weighted by molar-refractivity contribution is -0.139. The van der Waals surface area contributed by atoms with E-state index in [4.69, 9.17) is 0 Å². The van der Waals surface area contributed by atoms with Gasteiger partial charge in [-0.15, -0.1) is 10.2 Å². The molecule has 1 unspecified atom stereocenters. The van der Waals surface area contributed by atoms with Gasteiger partial charge in [0.25, 0.3) is 0 Å². The molecule has 2 saturated heterocycles. The average Bonchev–Trinajstić information content (AvgIpc) is 3.28. The van der Waals surface area contributed by atoms with Gasteiger partial charge in [0, 0.05) is 32.5 Å². The number of carbonyl (C=O) groups excluding carboxylic acids is 2. The molecular weight excluding hydrogens is 376 g/mol. The molecule has 28 heavy (non-hydrogen) atoms. The van der Waals surface area contributed by atoms with E-state index in [1.807, 2.05) is 37.3 Å².